The largest absolute Gasteiger partial charge is 0.465 e. The first kappa shape index (κ1) is 15.0. The summed E-state index contributed by atoms with van der Waals surface area (Å²) in [5.74, 6) is 0.972. The standard InChI is InChI=1S/C23H22O/c1-23(2,3)19-11-9-16(10-12-19)20-7-4-6-17-14-18(15-21(17)20)22-8-5-13-24-22/h4-13,15H,14H2,1-3H3. The zero-order valence-electron chi connectivity index (χ0n) is 14.5. The van der Waals surface area contributed by atoms with Gasteiger partial charge in [0.05, 0.1) is 6.26 Å². The van der Waals surface area contributed by atoms with E-state index in [0.29, 0.717) is 0 Å². The van der Waals surface area contributed by atoms with E-state index in [1.165, 1.54) is 33.4 Å². The van der Waals surface area contributed by atoms with Gasteiger partial charge in [0.25, 0.3) is 0 Å². The lowest BCUT2D eigenvalue weighted by Gasteiger charge is -2.19. The van der Waals surface area contributed by atoms with Crippen LogP contribution in [0.25, 0.3) is 22.8 Å². The monoisotopic (exact) mass is 314 g/mol. The van der Waals surface area contributed by atoms with E-state index in [0.717, 1.165) is 12.2 Å². The molecule has 120 valence electrons. The summed E-state index contributed by atoms with van der Waals surface area (Å²) in [6.07, 6.45) is 4.96. The van der Waals surface area contributed by atoms with Gasteiger partial charge in [-0.05, 0) is 57.0 Å². The molecule has 2 aromatic carbocycles. The lowest BCUT2D eigenvalue weighted by molar-refractivity contribution is 0.552. The molecule has 0 fully saturated rings. The van der Waals surface area contributed by atoms with Crippen LogP contribution < -0.4 is 0 Å². The van der Waals surface area contributed by atoms with Crippen LogP contribution in [-0.4, -0.2) is 0 Å². The van der Waals surface area contributed by atoms with Gasteiger partial charge in [0, 0.05) is 6.42 Å². The molecule has 0 radical (unpaired) electrons. The SMILES string of the molecule is CC(C)(C)c1ccc(-c2cccc3c2C=C(c2ccco2)C3)cc1. The van der Waals surface area contributed by atoms with Crippen molar-refractivity contribution in [2.24, 2.45) is 0 Å². The third-order valence-corrected chi connectivity index (χ3v) is 4.80. The van der Waals surface area contributed by atoms with Gasteiger partial charge in [-0.1, -0.05) is 63.2 Å². The Morgan fingerprint density at radius 2 is 1.67 bits per heavy atom. The minimum absolute atomic E-state index is 0.184. The Kier molecular flexibility index (Phi) is 3.45. The molecule has 0 aliphatic heterocycles. The Balaban J connectivity index is 1.75. The summed E-state index contributed by atoms with van der Waals surface area (Å²) in [6.45, 7) is 6.75. The van der Waals surface area contributed by atoms with Crippen LogP contribution in [0.4, 0.5) is 0 Å². The molecule has 0 atom stereocenters. The minimum atomic E-state index is 0.184. The molecule has 0 saturated carbocycles. The molecule has 4 rings (SSSR count). The fourth-order valence-electron chi connectivity index (χ4n) is 3.39. The molecule has 0 amide bonds. The molecule has 0 spiro atoms. The van der Waals surface area contributed by atoms with Crippen molar-refractivity contribution in [3.8, 4) is 11.1 Å². The van der Waals surface area contributed by atoms with Crippen molar-refractivity contribution in [2.75, 3.05) is 0 Å². The van der Waals surface area contributed by atoms with Crippen LogP contribution in [-0.2, 0) is 11.8 Å². The molecule has 1 heteroatoms. The lowest BCUT2D eigenvalue weighted by Crippen LogP contribution is -2.10. The predicted molar refractivity (Wildman–Crippen MR) is 101 cm³/mol. The van der Waals surface area contributed by atoms with Crippen molar-refractivity contribution in [3.63, 3.8) is 0 Å². The van der Waals surface area contributed by atoms with Crippen LogP contribution in [0.15, 0.2) is 65.3 Å². The Labute approximate surface area is 143 Å². The number of allylic oxidation sites excluding steroid dienone is 1. The van der Waals surface area contributed by atoms with Gasteiger partial charge in [-0.15, -0.1) is 0 Å². The lowest BCUT2D eigenvalue weighted by atomic mass is 9.86. The van der Waals surface area contributed by atoms with Crippen molar-refractivity contribution >= 4 is 11.6 Å². The van der Waals surface area contributed by atoms with Crippen LogP contribution in [0.1, 0.15) is 43.2 Å². The van der Waals surface area contributed by atoms with E-state index < -0.39 is 0 Å². The minimum Gasteiger partial charge on any atom is -0.465 e. The van der Waals surface area contributed by atoms with Gasteiger partial charge in [0.2, 0.25) is 0 Å². The smallest absolute Gasteiger partial charge is 0.130 e. The van der Waals surface area contributed by atoms with Crippen LogP contribution in [0.2, 0.25) is 0 Å². The maximum atomic E-state index is 5.58. The molecule has 0 bridgehead atoms. The fourth-order valence-corrected chi connectivity index (χ4v) is 3.39. The second-order valence-corrected chi connectivity index (χ2v) is 7.53. The van der Waals surface area contributed by atoms with Crippen molar-refractivity contribution in [1.29, 1.82) is 0 Å². The normalized spacial score (nSPS) is 13.7. The van der Waals surface area contributed by atoms with E-state index >= 15 is 0 Å². The second kappa shape index (κ2) is 5.52. The summed E-state index contributed by atoms with van der Waals surface area (Å²) in [5.41, 5.74) is 8.08. The maximum Gasteiger partial charge on any atom is 0.130 e. The average molecular weight is 314 g/mol. The van der Waals surface area contributed by atoms with Crippen molar-refractivity contribution in [2.45, 2.75) is 32.6 Å². The third-order valence-electron chi connectivity index (χ3n) is 4.80. The number of hydrogen-bond donors (Lipinski definition) is 0. The molecule has 1 aliphatic rings. The molecule has 24 heavy (non-hydrogen) atoms. The molecule has 1 nitrogen and oxygen atoms in total. The first-order valence-corrected chi connectivity index (χ1v) is 8.50. The Morgan fingerprint density at radius 1 is 0.875 bits per heavy atom. The fraction of sp³-hybridized carbons (Fsp3) is 0.217. The van der Waals surface area contributed by atoms with Crippen molar-refractivity contribution < 1.29 is 4.42 Å². The van der Waals surface area contributed by atoms with Gasteiger partial charge in [-0.3, -0.25) is 0 Å². The summed E-state index contributed by atoms with van der Waals surface area (Å²) in [6, 6.07) is 19.6. The molecular weight excluding hydrogens is 292 g/mol. The maximum absolute atomic E-state index is 5.58. The average Bonchev–Trinajstić information content (AvgIpc) is 3.22. The van der Waals surface area contributed by atoms with Crippen LogP contribution in [0.5, 0.6) is 0 Å². The zero-order chi connectivity index (χ0) is 16.7. The van der Waals surface area contributed by atoms with E-state index in [2.05, 4.69) is 69.3 Å². The number of furan rings is 1. The molecule has 1 heterocycles. The zero-order valence-corrected chi connectivity index (χ0v) is 14.5. The highest BCUT2D eigenvalue weighted by Crippen LogP contribution is 2.38. The van der Waals surface area contributed by atoms with Gasteiger partial charge in [0.15, 0.2) is 0 Å². The molecule has 0 N–H and O–H groups in total. The van der Waals surface area contributed by atoms with Gasteiger partial charge >= 0.3 is 0 Å². The Bertz CT molecular complexity index is 888. The van der Waals surface area contributed by atoms with Crippen LogP contribution in [0.3, 0.4) is 0 Å². The number of rotatable bonds is 2. The summed E-state index contributed by atoms with van der Waals surface area (Å²) in [4.78, 5) is 0. The summed E-state index contributed by atoms with van der Waals surface area (Å²) in [5, 5.41) is 0. The van der Waals surface area contributed by atoms with E-state index in [4.69, 9.17) is 4.42 Å². The Hall–Kier alpha value is -2.54. The van der Waals surface area contributed by atoms with E-state index in [-0.39, 0.29) is 5.41 Å². The van der Waals surface area contributed by atoms with Crippen molar-refractivity contribution in [3.05, 3.63) is 83.3 Å². The summed E-state index contributed by atoms with van der Waals surface area (Å²) in [7, 11) is 0. The molecule has 0 unspecified atom stereocenters. The first-order valence-electron chi connectivity index (χ1n) is 8.50. The second-order valence-electron chi connectivity index (χ2n) is 7.53. The van der Waals surface area contributed by atoms with E-state index in [1.807, 2.05) is 12.1 Å². The number of fused-ring (bicyclic) bond motifs is 1. The van der Waals surface area contributed by atoms with Gasteiger partial charge < -0.3 is 4.42 Å². The predicted octanol–water partition coefficient (Wildman–Crippen LogP) is 6.34. The highest BCUT2D eigenvalue weighted by atomic mass is 16.3. The Morgan fingerprint density at radius 3 is 2.33 bits per heavy atom. The first-order chi connectivity index (χ1) is 11.5. The van der Waals surface area contributed by atoms with E-state index in [1.54, 1.807) is 6.26 Å². The molecular formula is C23H22O. The van der Waals surface area contributed by atoms with Gasteiger partial charge in [-0.2, -0.15) is 0 Å². The number of benzene rings is 2. The molecule has 1 aromatic heterocycles. The van der Waals surface area contributed by atoms with Gasteiger partial charge in [-0.25, -0.2) is 0 Å². The van der Waals surface area contributed by atoms with Crippen LogP contribution >= 0.6 is 0 Å². The highest BCUT2D eigenvalue weighted by molar-refractivity contribution is 5.92. The van der Waals surface area contributed by atoms with Crippen molar-refractivity contribution in [1.82, 2.24) is 0 Å². The third kappa shape index (κ3) is 2.60. The van der Waals surface area contributed by atoms with Crippen LogP contribution in [0, 0.1) is 0 Å². The summed E-state index contributed by atoms with van der Waals surface area (Å²) >= 11 is 0. The molecule has 3 aromatic rings. The van der Waals surface area contributed by atoms with E-state index in [9.17, 15) is 0 Å². The van der Waals surface area contributed by atoms with Gasteiger partial charge in [0.1, 0.15) is 5.76 Å². The molecule has 1 aliphatic carbocycles. The molecule has 0 saturated heterocycles. The highest BCUT2D eigenvalue weighted by Gasteiger charge is 2.19. The number of hydrogen-bond acceptors (Lipinski definition) is 1. The quantitative estimate of drug-likeness (QED) is 0.538. The topological polar surface area (TPSA) is 13.1 Å². The summed E-state index contributed by atoms with van der Waals surface area (Å²) < 4.78 is 5.58.